The Kier molecular flexibility index (Phi) is 3.18. The maximum absolute atomic E-state index is 13.0. The van der Waals surface area contributed by atoms with Gasteiger partial charge >= 0.3 is 6.18 Å². The van der Waals surface area contributed by atoms with Gasteiger partial charge in [-0.2, -0.15) is 13.2 Å². The molecule has 1 aromatic carbocycles. The van der Waals surface area contributed by atoms with Gasteiger partial charge < -0.3 is 5.32 Å². The van der Waals surface area contributed by atoms with Crippen LogP contribution >= 0.6 is 0 Å². The lowest BCUT2D eigenvalue weighted by molar-refractivity contribution is -0.137. The highest BCUT2D eigenvalue weighted by atomic mass is 19.4. The van der Waals surface area contributed by atoms with Gasteiger partial charge in [-0.05, 0) is 48.2 Å². The third-order valence-corrected chi connectivity index (χ3v) is 4.70. The summed E-state index contributed by atoms with van der Waals surface area (Å²) >= 11 is 0. The van der Waals surface area contributed by atoms with Crippen LogP contribution < -0.4 is 5.32 Å². The molecular formula is C18H15F3N2. The van der Waals surface area contributed by atoms with E-state index in [1.165, 1.54) is 12.1 Å². The summed E-state index contributed by atoms with van der Waals surface area (Å²) in [6.45, 7) is 0. The van der Waals surface area contributed by atoms with Crippen molar-refractivity contribution in [2.24, 2.45) is 5.92 Å². The van der Waals surface area contributed by atoms with Gasteiger partial charge in [0.05, 0.1) is 17.3 Å². The number of hydrogen-bond donors (Lipinski definition) is 1. The molecule has 0 unspecified atom stereocenters. The SMILES string of the molecule is FC(F)(F)c1ccc2c(c1)[C@@H]1C=CC[C@@H]1[C@@H](c1ccccn1)N2. The fourth-order valence-corrected chi connectivity index (χ4v) is 3.62. The maximum Gasteiger partial charge on any atom is 0.416 e. The number of hydrogen-bond acceptors (Lipinski definition) is 2. The highest BCUT2D eigenvalue weighted by Gasteiger charge is 2.40. The topological polar surface area (TPSA) is 24.9 Å². The summed E-state index contributed by atoms with van der Waals surface area (Å²) < 4.78 is 39.0. The van der Waals surface area contributed by atoms with E-state index in [0.717, 1.165) is 29.4 Å². The Hall–Kier alpha value is -2.30. The standard InChI is InChI=1S/C18H15F3N2/c19-18(20,21)11-7-8-15-14(10-11)12-4-3-5-13(12)17(23-15)16-6-1-2-9-22-16/h1-4,6-10,12-13,17,23H,5H2/t12-,13+,17+/m1/s1. The lowest BCUT2D eigenvalue weighted by Gasteiger charge is -2.37. The molecule has 0 spiro atoms. The zero-order valence-corrected chi connectivity index (χ0v) is 12.2. The van der Waals surface area contributed by atoms with Crippen LogP contribution in [-0.4, -0.2) is 4.98 Å². The first-order valence-corrected chi connectivity index (χ1v) is 7.59. The average Bonchev–Trinajstić information content (AvgIpc) is 3.03. The number of benzene rings is 1. The van der Waals surface area contributed by atoms with Crippen LogP contribution in [0.2, 0.25) is 0 Å². The van der Waals surface area contributed by atoms with Gasteiger partial charge in [0.1, 0.15) is 0 Å². The van der Waals surface area contributed by atoms with Gasteiger partial charge in [0.25, 0.3) is 0 Å². The minimum absolute atomic E-state index is 0.000515. The minimum atomic E-state index is -4.31. The molecule has 2 aromatic rings. The first-order chi connectivity index (χ1) is 11.0. The van der Waals surface area contributed by atoms with E-state index in [1.54, 1.807) is 6.20 Å². The number of nitrogens with one attached hydrogen (secondary N) is 1. The summed E-state index contributed by atoms with van der Waals surface area (Å²) in [5.74, 6) is 0.196. The molecule has 0 saturated heterocycles. The molecule has 1 aliphatic carbocycles. The second-order valence-electron chi connectivity index (χ2n) is 6.03. The fourth-order valence-electron chi connectivity index (χ4n) is 3.62. The lowest BCUT2D eigenvalue weighted by atomic mass is 9.77. The molecule has 0 amide bonds. The second kappa shape index (κ2) is 5.11. The van der Waals surface area contributed by atoms with Crippen molar-refractivity contribution in [1.29, 1.82) is 0 Å². The van der Waals surface area contributed by atoms with Gasteiger partial charge in [-0.15, -0.1) is 0 Å². The average molecular weight is 316 g/mol. The van der Waals surface area contributed by atoms with Gasteiger partial charge in [0.2, 0.25) is 0 Å². The summed E-state index contributed by atoms with van der Waals surface area (Å²) in [7, 11) is 0. The van der Waals surface area contributed by atoms with E-state index in [1.807, 2.05) is 24.3 Å². The number of pyridine rings is 1. The van der Waals surface area contributed by atoms with Crippen LogP contribution in [0.25, 0.3) is 0 Å². The molecule has 1 aliphatic heterocycles. The van der Waals surface area contributed by atoms with Crippen molar-refractivity contribution in [3.05, 3.63) is 71.6 Å². The van der Waals surface area contributed by atoms with Crippen LogP contribution in [0.5, 0.6) is 0 Å². The molecule has 0 bridgehead atoms. The van der Waals surface area contributed by atoms with Gasteiger partial charge in [-0.3, -0.25) is 4.98 Å². The van der Waals surface area contributed by atoms with Crippen molar-refractivity contribution in [2.75, 3.05) is 5.32 Å². The molecule has 3 atom stereocenters. The first-order valence-electron chi connectivity index (χ1n) is 7.59. The second-order valence-corrected chi connectivity index (χ2v) is 6.03. The lowest BCUT2D eigenvalue weighted by Crippen LogP contribution is -2.30. The van der Waals surface area contributed by atoms with Crippen molar-refractivity contribution in [3.63, 3.8) is 0 Å². The normalized spacial score (nSPS) is 25.6. The zero-order valence-electron chi connectivity index (χ0n) is 12.2. The third-order valence-electron chi connectivity index (χ3n) is 4.70. The number of halogens is 3. The molecule has 1 N–H and O–H groups in total. The number of anilines is 1. The number of fused-ring (bicyclic) bond motifs is 3. The zero-order chi connectivity index (χ0) is 16.0. The van der Waals surface area contributed by atoms with E-state index in [0.29, 0.717) is 0 Å². The molecule has 23 heavy (non-hydrogen) atoms. The van der Waals surface area contributed by atoms with Gasteiger partial charge in [0.15, 0.2) is 0 Å². The van der Waals surface area contributed by atoms with E-state index in [2.05, 4.69) is 16.4 Å². The molecule has 0 radical (unpaired) electrons. The number of rotatable bonds is 1. The van der Waals surface area contributed by atoms with Gasteiger partial charge in [-0.1, -0.05) is 18.2 Å². The maximum atomic E-state index is 13.0. The first kappa shape index (κ1) is 14.3. The van der Waals surface area contributed by atoms with Crippen molar-refractivity contribution in [1.82, 2.24) is 4.98 Å². The van der Waals surface area contributed by atoms with Crippen LogP contribution in [-0.2, 0) is 6.18 Å². The number of nitrogens with zero attached hydrogens (tertiary/aromatic N) is 1. The van der Waals surface area contributed by atoms with E-state index < -0.39 is 11.7 Å². The highest BCUT2D eigenvalue weighted by Crippen LogP contribution is 2.50. The molecule has 0 fully saturated rings. The van der Waals surface area contributed by atoms with E-state index in [9.17, 15) is 13.2 Å². The Morgan fingerprint density at radius 1 is 1.13 bits per heavy atom. The Morgan fingerprint density at radius 3 is 2.74 bits per heavy atom. The monoisotopic (exact) mass is 316 g/mol. The molecule has 0 saturated carbocycles. The quantitative estimate of drug-likeness (QED) is 0.755. The molecule has 2 aliphatic rings. The van der Waals surface area contributed by atoms with Crippen LogP contribution in [0.4, 0.5) is 18.9 Å². The third kappa shape index (κ3) is 2.40. The van der Waals surface area contributed by atoms with Crippen molar-refractivity contribution in [3.8, 4) is 0 Å². The van der Waals surface area contributed by atoms with Crippen molar-refractivity contribution >= 4 is 5.69 Å². The predicted molar refractivity (Wildman–Crippen MR) is 82.0 cm³/mol. The summed E-state index contributed by atoms with van der Waals surface area (Å²) in [5.41, 5.74) is 1.83. The number of alkyl halides is 3. The van der Waals surface area contributed by atoms with Crippen LogP contribution in [0, 0.1) is 5.92 Å². The number of allylic oxidation sites excluding steroid dienone is 2. The van der Waals surface area contributed by atoms with E-state index >= 15 is 0 Å². The van der Waals surface area contributed by atoms with Crippen LogP contribution in [0.1, 0.15) is 35.2 Å². The van der Waals surface area contributed by atoms with E-state index in [-0.39, 0.29) is 17.9 Å². The van der Waals surface area contributed by atoms with E-state index in [4.69, 9.17) is 0 Å². The predicted octanol–water partition coefficient (Wildman–Crippen LogP) is 4.93. The fraction of sp³-hybridized carbons (Fsp3) is 0.278. The smallest absolute Gasteiger partial charge is 0.376 e. The van der Waals surface area contributed by atoms with Crippen LogP contribution in [0.15, 0.2) is 54.7 Å². The largest absolute Gasteiger partial charge is 0.416 e. The Bertz CT molecular complexity index is 753. The molecule has 2 heterocycles. The minimum Gasteiger partial charge on any atom is -0.376 e. The molecule has 5 heteroatoms. The highest BCUT2D eigenvalue weighted by molar-refractivity contribution is 5.60. The Morgan fingerprint density at radius 2 is 2.00 bits per heavy atom. The van der Waals surface area contributed by atoms with Gasteiger partial charge in [-0.25, -0.2) is 0 Å². The molecule has 2 nitrogen and oxygen atoms in total. The van der Waals surface area contributed by atoms with Gasteiger partial charge in [0, 0.05) is 17.8 Å². The summed E-state index contributed by atoms with van der Waals surface area (Å²) in [6, 6.07) is 9.73. The molecule has 4 rings (SSSR count). The molecule has 118 valence electrons. The molecular weight excluding hydrogens is 301 g/mol. The van der Waals surface area contributed by atoms with Crippen molar-refractivity contribution < 1.29 is 13.2 Å². The Balaban J connectivity index is 1.78. The summed E-state index contributed by atoms with van der Waals surface area (Å²) in [6.07, 6.45) is 2.36. The Labute approximate surface area is 132 Å². The van der Waals surface area contributed by atoms with Crippen LogP contribution in [0.3, 0.4) is 0 Å². The summed E-state index contributed by atoms with van der Waals surface area (Å²) in [5, 5.41) is 3.39. The molecule has 1 aromatic heterocycles. The summed E-state index contributed by atoms with van der Waals surface area (Å²) in [4.78, 5) is 4.42. The number of aromatic nitrogens is 1. The van der Waals surface area contributed by atoms with Crippen molar-refractivity contribution in [2.45, 2.75) is 24.6 Å².